The first-order valence-electron chi connectivity index (χ1n) is 9.49. The molecule has 0 unspecified atom stereocenters. The minimum atomic E-state index is -0.922. The van der Waals surface area contributed by atoms with E-state index in [1.165, 1.54) is 12.1 Å². The van der Waals surface area contributed by atoms with Crippen molar-refractivity contribution in [2.45, 2.75) is 52.7 Å². The number of nitro groups is 1. The first kappa shape index (κ1) is 25.2. The van der Waals surface area contributed by atoms with Crippen molar-refractivity contribution in [3.63, 3.8) is 0 Å². The van der Waals surface area contributed by atoms with E-state index in [9.17, 15) is 20.3 Å². The van der Waals surface area contributed by atoms with E-state index in [0.29, 0.717) is 11.3 Å². The molecule has 0 fully saturated rings. The molecule has 0 saturated carbocycles. The minimum absolute atomic E-state index is 0.0353. The molecule has 0 aliphatic heterocycles. The van der Waals surface area contributed by atoms with Crippen LogP contribution in [0.25, 0.3) is 0 Å². The highest BCUT2D eigenvalue weighted by Crippen LogP contribution is 2.24. The largest absolute Gasteiger partial charge is 0.490 e. The average Bonchev–Trinajstić information content (AvgIpc) is 2.58. The number of non-ortho nitro benzene ring substituents is 1. The number of aliphatic hydroxyl groups is 2. The summed E-state index contributed by atoms with van der Waals surface area (Å²) < 4.78 is 10.8. The van der Waals surface area contributed by atoms with Crippen molar-refractivity contribution in [3.8, 4) is 11.5 Å². The number of nitrogens with two attached hydrogens (primary N) is 1. The molecule has 0 aliphatic carbocycles. The summed E-state index contributed by atoms with van der Waals surface area (Å²) >= 11 is 0. The quantitative estimate of drug-likeness (QED) is 0.353. The van der Waals surface area contributed by atoms with E-state index >= 15 is 0 Å². The zero-order valence-corrected chi connectivity index (χ0v) is 18.4. The van der Waals surface area contributed by atoms with Crippen LogP contribution in [0.1, 0.15) is 38.8 Å². The molecule has 0 atom stereocenters. The molecule has 0 aliphatic rings. The summed E-state index contributed by atoms with van der Waals surface area (Å²) in [6.07, 6.45) is 0. The number of nitrogen functional groups attached to an aromatic ring is 1. The van der Waals surface area contributed by atoms with Crippen LogP contribution in [0, 0.1) is 24.0 Å². The molecule has 166 valence electrons. The zero-order chi connectivity index (χ0) is 23.1. The second-order valence-corrected chi connectivity index (χ2v) is 8.43. The van der Waals surface area contributed by atoms with Crippen LogP contribution in [-0.2, 0) is 0 Å². The third-order valence-corrected chi connectivity index (χ3v) is 3.73. The van der Waals surface area contributed by atoms with Crippen molar-refractivity contribution in [2.24, 2.45) is 0 Å². The van der Waals surface area contributed by atoms with Gasteiger partial charge < -0.3 is 25.4 Å². The molecule has 0 radical (unpaired) electrons. The SMILES string of the molecule is Cc1cc(N)ccc1OCC(C)(C)O.Cc1cc([N+](=O)[O-])ccc1OCC(C)(C)O. The average molecular weight is 421 g/mol. The van der Waals surface area contributed by atoms with Gasteiger partial charge in [0, 0.05) is 17.8 Å². The van der Waals surface area contributed by atoms with Crippen LogP contribution in [0.2, 0.25) is 0 Å². The van der Waals surface area contributed by atoms with Crippen LogP contribution in [-0.4, -0.2) is 39.6 Å². The Labute approximate surface area is 177 Å². The molecule has 0 bridgehead atoms. The molecule has 8 heteroatoms. The first-order valence-corrected chi connectivity index (χ1v) is 9.49. The van der Waals surface area contributed by atoms with Gasteiger partial charge in [0.1, 0.15) is 24.7 Å². The Balaban J connectivity index is 0.000000303. The molecule has 4 N–H and O–H groups in total. The summed E-state index contributed by atoms with van der Waals surface area (Å²) in [7, 11) is 0. The lowest BCUT2D eigenvalue weighted by atomic mass is 10.1. The van der Waals surface area contributed by atoms with Gasteiger partial charge in [-0.15, -0.1) is 0 Å². The summed E-state index contributed by atoms with van der Waals surface area (Å²) in [5.41, 5.74) is 6.29. The summed E-state index contributed by atoms with van der Waals surface area (Å²) in [5.74, 6) is 1.31. The van der Waals surface area contributed by atoms with Crippen molar-refractivity contribution in [1.82, 2.24) is 0 Å². The first-order chi connectivity index (χ1) is 13.7. The highest BCUT2D eigenvalue weighted by Gasteiger charge is 2.15. The molecule has 8 nitrogen and oxygen atoms in total. The Morgan fingerprint density at radius 3 is 1.70 bits per heavy atom. The third-order valence-electron chi connectivity index (χ3n) is 3.73. The molecule has 2 aromatic rings. The maximum Gasteiger partial charge on any atom is 0.269 e. The van der Waals surface area contributed by atoms with Crippen LogP contribution in [0.5, 0.6) is 11.5 Å². The molecule has 0 heterocycles. The molecule has 2 rings (SSSR count). The predicted molar refractivity (Wildman–Crippen MR) is 117 cm³/mol. The van der Waals surface area contributed by atoms with Crippen LogP contribution >= 0.6 is 0 Å². The van der Waals surface area contributed by atoms with Gasteiger partial charge in [-0.05, 0) is 76.9 Å². The topological polar surface area (TPSA) is 128 Å². The van der Waals surface area contributed by atoms with Crippen LogP contribution in [0.15, 0.2) is 36.4 Å². The number of anilines is 1. The normalized spacial score (nSPS) is 11.3. The van der Waals surface area contributed by atoms with Crippen molar-refractivity contribution < 1.29 is 24.6 Å². The number of rotatable bonds is 7. The van der Waals surface area contributed by atoms with E-state index in [0.717, 1.165) is 17.0 Å². The van der Waals surface area contributed by atoms with E-state index in [4.69, 9.17) is 15.2 Å². The molecular formula is C22H32N2O6. The summed E-state index contributed by atoms with van der Waals surface area (Å²) in [6, 6.07) is 9.81. The van der Waals surface area contributed by atoms with Crippen molar-refractivity contribution in [1.29, 1.82) is 0 Å². The van der Waals surface area contributed by atoms with E-state index in [-0.39, 0.29) is 18.9 Å². The fourth-order valence-electron chi connectivity index (χ4n) is 2.25. The van der Waals surface area contributed by atoms with Gasteiger partial charge in [0.25, 0.3) is 5.69 Å². The van der Waals surface area contributed by atoms with E-state index in [1.807, 2.05) is 19.1 Å². The maximum atomic E-state index is 10.5. The molecule has 2 aromatic carbocycles. The highest BCUT2D eigenvalue weighted by atomic mass is 16.6. The van der Waals surface area contributed by atoms with Gasteiger partial charge in [-0.2, -0.15) is 0 Å². The second kappa shape index (κ2) is 10.3. The predicted octanol–water partition coefficient (Wildman–Crippen LogP) is 3.78. The van der Waals surface area contributed by atoms with Gasteiger partial charge >= 0.3 is 0 Å². The highest BCUT2D eigenvalue weighted by molar-refractivity contribution is 5.47. The van der Waals surface area contributed by atoms with Crippen LogP contribution < -0.4 is 15.2 Å². The standard InChI is InChI=1S/C11H15NO4.C11H17NO2/c1-8-6-9(12(14)15)4-5-10(8)16-7-11(2,3)13;1-8-6-9(12)4-5-10(8)14-7-11(2,3)13/h4-6,13H,7H2,1-3H3;4-6,13H,7,12H2,1-3H3. The summed E-state index contributed by atoms with van der Waals surface area (Å²) in [6.45, 7) is 10.8. The molecule has 30 heavy (non-hydrogen) atoms. The van der Waals surface area contributed by atoms with E-state index in [1.54, 1.807) is 46.8 Å². The zero-order valence-electron chi connectivity index (χ0n) is 18.4. The Hall–Kier alpha value is -2.84. The van der Waals surface area contributed by atoms with Crippen LogP contribution in [0.4, 0.5) is 11.4 Å². The number of nitro benzene ring substituents is 1. The van der Waals surface area contributed by atoms with Gasteiger partial charge in [0.05, 0.1) is 16.1 Å². The summed E-state index contributed by atoms with van der Waals surface area (Å²) in [4.78, 5) is 10.1. The Morgan fingerprint density at radius 2 is 1.33 bits per heavy atom. The van der Waals surface area contributed by atoms with E-state index in [2.05, 4.69) is 0 Å². The van der Waals surface area contributed by atoms with Gasteiger partial charge in [-0.3, -0.25) is 10.1 Å². The number of benzene rings is 2. The number of hydrogen-bond acceptors (Lipinski definition) is 7. The Kier molecular flexibility index (Phi) is 8.62. The lowest BCUT2D eigenvalue weighted by Crippen LogP contribution is -2.28. The lowest BCUT2D eigenvalue weighted by Gasteiger charge is -2.18. The van der Waals surface area contributed by atoms with Gasteiger partial charge in [-0.1, -0.05) is 0 Å². The van der Waals surface area contributed by atoms with Crippen LogP contribution in [0.3, 0.4) is 0 Å². The van der Waals surface area contributed by atoms with Gasteiger partial charge in [0.15, 0.2) is 0 Å². The number of ether oxygens (including phenoxy) is 2. The Morgan fingerprint density at radius 1 is 0.900 bits per heavy atom. The second-order valence-electron chi connectivity index (χ2n) is 8.43. The molecular weight excluding hydrogens is 388 g/mol. The lowest BCUT2D eigenvalue weighted by molar-refractivity contribution is -0.384. The molecule has 0 spiro atoms. The Bertz CT molecular complexity index is 854. The maximum absolute atomic E-state index is 10.5. The smallest absolute Gasteiger partial charge is 0.269 e. The number of hydrogen-bond donors (Lipinski definition) is 3. The van der Waals surface area contributed by atoms with Crippen molar-refractivity contribution in [3.05, 3.63) is 57.6 Å². The summed E-state index contributed by atoms with van der Waals surface area (Å²) in [5, 5.41) is 29.5. The van der Waals surface area contributed by atoms with Crippen molar-refractivity contribution >= 4 is 11.4 Å². The number of aryl methyl sites for hydroxylation is 2. The molecule has 0 amide bonds. The molecule has 0 aromatic heterocycles. The minimum Gasteiger partial charge on any atom is -0.490 e. The fraction of sp³-hybridized carbons (Fsp3) is 0.455. The number of nitrogens with zero attached hydrogens (tertiary/aromatic N) is 1. The molecule has 0 saturated heterocycles. The van der Waals surface area contributed by atoms with Gasteiger partial charge in [-0.25, -0.2) is 0 Å². The fourth-order valence-corrected chi connectivity index (χ4v) is 2.25. The monoisotopic (exact) mass is 420 g/mol. The van der Waals surface area contributed by atoms with Gasteiger partial charge in [0.2, 0.25) is 0 Å². The van der Waals surface area contributed by atoms with Crippen molar-refractivity contribution in [2.75, 3.05) is 18.9 Å². The third kappa shape index (κ3) is 9.58. The van der Waals surface area contributed by atoms with E-state index < -0.39 is 16.1 Å².